The zero-order chi connectivity index (χ0) is 23.3. The summed E-state index contributed by atoms with van der Waals surface area (Å²) in [5.41, 5.74) is 0.384. The van der Waals surface area contributed by atoms with Crippen molar-refractivity contribution < 1.29 is 30.5 Å². The van der Waals surface area contributed by atoms with Crippen molar-refractivity contribution in [3.63, 3.8) is 0 Å². The largest absolute Gasteiger partial charge is 0.497 e. The lowest BCUT2D eigenvalue weighted by Gasteiger charge is -2.25. The van der Waals surface area contributed by atoms with Crippen LogP contribution >= 0.6 is 0 Å². The molecular formula is C23H21F2NO4. The number of ether oxygens (including phenoxy) is 3. The monoisotopic (exact) mass is 415 g/mol. The Balaban J connectivity index is 2.03. The first-order chi connectivity index (χ1) is 15.2. The Morgan fingerprint density at radius 1 is 1.03 bits per heavy atom. The second-order valence-corrected chi connectivity index (χ2v) is 6.29. The van der Waals surface area contributed by atoms with Gasteiger partial charge in [0.05, 0.1) is 19.3 Å². The van der Waals surface area contributed by atoms with Gasteiger partial charge in [0.25, 0.3) is 0 Å². The van der Waals surface area contributed by atoms with E-state index in [1.165, 1.54) is 49.3 Å². The summed E-state index contributed by atoms with van der Waals surface area (Å²) in [4.78, 5) is 13.8. The lowest BCUT2D eigenvalue weighted by atomic mass is 10.1. The first-order valence-electron chi connectivity index (χ1n) is 10.0. The summed E-state index contributed by atoms with van der Waals surface area (Å²) in [7, 11) is 1.43. The van der Waals surface area contributed by atoms with Crippen molar-refractivity contribution in [3.8, 4) is 23.0 Å². The maximum Gasteiger partial charge on any atom is 0.228 e. The highest BCUT2D eigenvalue weighted by Crippen LogP contribution is 2.35. The van der Waals surface area contributed by atoms with Gasteiger partial charge in [-0.1, -0.05) is 18.2 Å². The number of alkyl halides is 1. The molecule has 0 aliphatic carbocycles. The van der Waals surface area contributed by atoms with Crippen LogP contribution in [-0.4, -0.2) is 19.8 Å². The molecule has 1 amide bonds. The van der Waals surface area contributed by atoms with Crippen LogP contribution in [0.4, 0.5) is 14.5 Å². The van der Waals surface area contributed by atoms with E-state index in [4.69, 9.17) is 17.0 Å². The molecule has 0 bridgehead atoms. The van der Waals surface area contributed by atoms with Gasteiger partial charge in [0.15, 0.2) is 5.75 Å². The van der Waals surface area contributed by atoms with Crippen LogP contribution in [0.2, 0.25) is 0 Å². The molecule has 5 nitrogen and oxygen atoms in total. The summed E-state index contributed by atoms with van der Waals surface area (Å²) in [6, 6.07) is 16.8. The van der Waals surface area contributed by atoms with Gasteiger partial charge in [-0.05, 0) is 42.5 Å². The predicted molar refractivity (Wildman–Crippen MR) is 109 cm³/mol. The maximum absolute atomic E-state index is 14.1. The van der Waals surface area contributed by atoms with Crippen LogP contribution in [0, 0.1) is 5.82 Å². The van der Waals surface area contributed by atoms with Crippen molar-refractivity contribution in [2.24, 2.45) is 0 Å². The second kappa shape index (κ2) is 9.73. The number of carbonyl (C=O) groups is 1. The Hall–Kier alpha value is -3.61. The fourth-order valence-corrected chi connectivity index (χ4v) is 2.89. The van der Waals surface area contributed by atoms with Gasteiger partial charge in [-0.15, -0.1) is 0 Å². The first-order valence-corrected chi connectivity index (χ1v) is 9.01. The van der Waals surface area contributed by atoms with Gasteiger partial charge in [0.1, 0.15) is 25.8 Å². The zero-order valence-corrected chi connectivity index (χ0v) is 16.4. The molecule has 30 heavy (non-hydrogen) atoms. The molecule has 0 aliphatic heterocycles. The summed E-state index contributed by atoms with van der Waals surface area (Å²) in [5.74, 6) is -0.0833. The molecule has 7 heteroatoms. The van der Waals surface area contributed by atoms with Gasteiger partial charge in [0.2, 0.25) is 12.7 Å². The predicted octanol–water partition coefficient (Wildman–Crippen LogP) is 5.49. The minimum atomic E-state index is -3.44. The Bertz CT molecular complexity index is 1090. The molecule has 3 rings (SSSR count). The average molecular weight is 415 g/mol. The molecule has 0 heterocycles. The maximum atomic E-state index is 14.1. The minimum absolute atomic E-state index is 0.133. The van der Waals surface area contributed by atoms with Crippen LogP contribution in [0.5, 0.6) is 23.0 Å². The third-order valence-corrected chi connectivity index (χ3v) is 4.31. The Kier molecular flexibility index (Phi) is 5.98. The van der Waals surface area contributed by atoms with Crippen molar-refractivity contribution >= 4 is 11.6 Å². The van der Waals surface area contributed by atoms with Crippen LogP contribution in [0.3, 0.4) is 0 Å². The number of hydrogen-bond acceptors (Lipinski definition) is 4. The quantitative estimate of drug-likeness (QED) is 0.488. The highest BCUT2D eigenvalue weighted by atomic mass is 19.1. The Morgan fingerprint density at radius 2 is 1.77 bits per heavy atom. The SMILES string of the molecule is [2H]C([2H])(F)Oc1ccc(OC)cc1CN(C(C)=O)c1cc(F)ccc1Oc1ccccc1. The normalized spacial score (nSPS) is 11.9. The number of anilines is 1. The van der Waals surface area contributed by atoms with Crippen molar-refractivity contribution in [2.45, 2.75) is 13.5 Å². The van der Waals surface area contributed by atoms with E-state index < -0.39 is 18.5 Å². The summed E-state index contributed by atoms with van der Waals surface area (Å²) < 4.78 is 57.6. The van der Waals surface area contributed by atoms with Crippen molar-refractivity contribution in [1.29, 1.82) is 0 Å². The number of carbonyl (C=O) groups excluding carboxylic acids is 1. The van der Waals surface area contributed by atoms with Crippen molar-refractivity contribution in [3.05, 3.63) is 78.1 Å². The van der Waals surface area contributed by atoms with Crippen LogP contribution < -0.4 is 19.1 Å². The van der Waals surface area contributed by atoms with Crippen LogP contribution in [0.15, 0.2) is 66.7 Å². The fraction of sp³-hybridized carbons (Fsp3) is 0.174. The molecule has 0 saturated carbocycles. The molecule has 0 spiro atoms. The van der Waals surface area contributed by atoms with E-state index in [0.29, 0.717) is 11.5 Å². The number of nitrogens with zero attached hydrogens (tertiary/aromatic N) is 1. The fourth-order valence-electron chi connectivity index (χ4n) is 2.89. The zero-order valence-electron chi connectivity index (χ0n) is 18.4. The molecule has 0 atom stereocenters. The average Bonchev–Trinajstić information content (AvgIpc) is 2.74. The number of amides is 1. The molecule has 3 aromatic rings. The number of para-hydroxylation sites is 1. The van der Waals surface area contributed by atoms with E-state index in [1.807, 2.05) is 6.07 Å². The lowest BCUT2D eigenvalue weighted by molar-refractivity contribution is -0.116. The molecule has 0 saturated heterocycles. The molecule has 3 aromatic carbocycles. The summed E-state index contributed by atoms with van der Waals surface area (Å²) in [5, 5.41) is 0. The van der Waals surface area contributed by atoms with E-state index in [-0.39, 0.29) is 29.3 Å². The number of hydrogen-bond donors (Lipinski definition) is 0. The summed E-state index contributed by atoms with van der Waals surface area (Å²) >= 11 is 0. The van der Waals surface area contributed by atoms with Crippen LogP contribution in [0.25, 0.3) is 0 Å². The van der Waals surface area contributed by atoms with E-state index in [1.54, 1.807) is 24.3 Å². The first kappa shape index (κ1) is 18.4. The molecule has 0 fully saturated rings. The highest BCUT2D eigenvalue weighted by Gasteiger charge is 2.21. The number of methoxy groups -OCH3 is 1. The second-order valence-electron chi connectivity index (χ2n) is 6.29. The smallest absolute Gasteiger partial charge is 0.228 e. The van der Waals surface area contributed by atoms with Crippen molar-refractivity contribution in [2.75, 3.05) is 18.8 Å². The number of halogens is 2. The molecule has 0 radical (unpaired) electrons. The summed E-state index contributed by atoms with van der Waals surface area (Å²) in [6.07, 6.45) is 0. The van der Waals surface area contributed by atoms with Gasteiger partial charge in [-0.3, -0.25) is 4.79 Å². The minimum Gasteiger partial charge on any atom is -0.497 e. The van der Waals surface area contributed by atoms with Gasteiger partial charge in [0, 0.05) is 18.6 Å². The van der Waals surface area contributed by atoms with Crippen LogP contribution in [-0.2, 0) is 11.3 Å². The highest BCUT2D eigenvalue weighted by molar-refractivity contribution is 5.93. The number of rotatable bonds is 8. The molecule has 156 valence electrons. The Labute approximate surface area is 176 Å². The molecular weight excluding hydrogens is 392 g/mol. The third kappa shape index (κ3) is 5.05. The lowest BCUT2D eigenvalue weighted by Crippen LogP contribution is -2.28. The number of benzene rings is 3. The van der Waals surface area contributed by atoms with E-state index in [0.717, 1.165) is 6.07 Å². The molecule has 0 N–H and O–H groups in total. The van der Waals surface area contributed by atoms with E-state index in [2.05, 4.69) is 0 Å². The Morgan fingerprint density at radius 3 is 2.43 bits per heavy atom. The van der Waals surface area contributed by atoms with E-state index in [9.17, 15) is 13.6 Å². The third-order valence-electron chi connectivity index (χ3n) is 4.31. The van der Waals surface area contributed by atoms with Gasteiger partial charge in [-0.25, -0.2) is 8.78 Å². The van der Waals surface area contributed by atoms with Gasteiger partial charge in [-0.2, -0.15) is 0 Å². The summed E-state index contributed by atoms with van der Waals surface area (Å²) in [6.45, 7) is -2.34. The van der Waals surface area contributed by atoms with Gasteiger partial charge >= 0.3 is 0 Å². The van der Waals surface area contributed by atoms with Crippen LogP contribution in [0.1, 0.15) is 15.2 Å². The molecule has 0 aliphatic rings. The molecule has 0 unspecified atom stereocenters. The topological polar surface area (TPSA) is 48.0 Å². The van der Waals surface area contributed by atoms with E-state index >= 15 is 0 Å². The van der Waals surface area contributed by atoms with Gasteiger partial charge < -0.3 is 19.1 Å². The van der Waals surface area contributed by atoms with Crippen molar-refractivity contribution in [1.82, 2.24) is 0 Å². The molecule has 0 aromatic heterocycles. The standard InChI is InChI=1S/C23H21F2NO4/c1-16(27)26(14-17-12-20(28-2)9-11-22(17)29-15-24)21-13-18(25)8-10-23(21)30-19-6-4-3-5-7-19/h3-13H,14-15H2,1-2H3/i15D2.